The van der Waals surface area contributed by atoms with E-state index < -0.39 is 6.09 Å². The largest absolute Gasteiger partial charge is 0.453 e. The molecule has 1 N–H and O–H groups in total. The molecule has 0 fully saturated rings. The van der Waals surface area contributed by atoms with Gasteiger partial charge in [0.25, 0.3) is 0 Å². The van der Waals surface area contributed by atoms with Crippen molar-refractivity contribution in [2.24, 2.45) is 0 Å². The van der Waals surface area contributed by atoms with Crippen LogP contribution in [0.3, 0.4) is 0 Å². The number of methoxy groups -OCH3 is 1. The predicted molar refractivity (Wildman–Crippen MR) is 65.9 cm³/mol. The lowest BCUT2D eigenvalue weighted by atomic mass is 9.86. The number of hydrogen-bond acceptors (Lipinski definition) is 2. The molecular formula is C13H19NO2. The summed E-state index contributed by atoms with van der Waals surface area (Å²) in [5, 5.41) is 2.71. The SMILES string of the molecule is COC(=O)Nc1cc(C(C)(C)C)ccc1C. The summed E-state index contributed by atoms with van der Waals surface area (Å²) in [7, 11) is 1.36. The van der Waals surface area contributed by atoms with E-state index in [0.717, 1.165) is 11.3 Å². The Morgan fingerprint density at radius 3 is 2.44 bits per heavy atom. The lowest BCUT2D eigenvalue weighted by Crippen LogP contribution is -2.15. The first-order valence-electron chi connectivity index (χ1n) is 5.30. The summed E-state index contributed by atoms with van der Waals surface area (Å²) in [6.07, 6.45) is -0.436. The number of hydrogen-bond donors (Lipinski definition) is 1. The Kier molecular flexibility index (Phi) is 3.58. The second-order valence-corrected chi connectivity index (χ2v) is 4.90. The summed E-state index contributed by atoms with van der Waals surface area (Å²) in [4.78, 5) is 11.2. The van der Waals surface area contributed by atoms with Crippen molar-refractivity contribution in [2.45, 2.75) is 33.1 Å². The fraction of sp³-hybridized carbons (Fsp3) is 0.462. The molecule has 0 unspecified atom stereocenters. The summed E-state index contributed by atoms with van der Waals surface area (Å²) < 4.78 is 4.58. The van der Waals surface area contributed by atoms with Crippen molar-refractivity contribution in [1.82, 2.24) is 0 Å². The molecule has 0 bridgehead atoms. The summed E-state index contributed by atoms with van der Waals surface area (Å²) >= 11 is 0. The Balaban J connectivity index is 3.04. The standard InChI is InChI=1S/C13H19NO2/c1-9-6-7-10(13(2,3)4)8-11(9)14-12(15)16-5/h6-8H,1-5H3,(H,14,15). The van der Waals surface area contributed by atoms with Crippen LogP contribution in [-0.4, -0.2) is 13.2 Å². The van der Waals surface area contributed by atoms with Crippen LogP contribution in [0.5, 0.6) is 0 Å². The van der Waals surface area contributed by atoms with Gasteiger partial charge in [-0.05, 0) is 29.5 Å². The smallest absolute Gasteiger partial charge is 0.411 e. The van der Waals surface area contributed by atoms with Gasteiger partial charge in [0.2, 0.25) is 0 Å². The van der Waals surface area contributed by atoms with E-state index in [1.165, 1.54) is 12.7 Å². The minimum atomic E-state index is -0.436. The summed E-state index contributed by atoms with van der Waals surface area (Å²) in [6, 6.07) is 6.08. The molecule has 1 amide bonds. The first-order valence-corrected chi connectivity index (χ1v) is 5.30. The van der Waals surface area contributed by atoms with Crippen LogP contribution in [0.1, 0.15) is 31.9 Å². The van der Waals surface area contributed by atoms with Gasteiger partial charge in [0.1, 0.15) is 0 Å². The molecule has 1 rings (SSSR count). The first kappa shape index (κ1) is 12.6. The molecule has 1 aromatic rings. The third kappa shape index (κ3) is 2.99. The predicted octanol–water partition coefficient (Wildman–Crippen LogP) is 3.47. The van der Waals surface area contributed by atoms with Gasteiger partial charge >= 0.3 is 6.09 Å². The first-order chi connectivity index (χ1) is 7.34. The Labute approximate surface area is 96.8 Å². The fourth-order valence-electron chi connectivity index (χ4n) is 1.38. The highest BCUT2D eigenvalue weighted by molar-refractivity contribution is 5.85. The number of benzene rings is 1. The van der Waals surface area contributed by atoms with Gasteiger partial charge in [0.05, 0.1) is 7.11 Å². The van der Waals surface area contributed by atoms with Gasteiger partial charge in [0, 0.05) is 5.69 Å². The normalized spacial score (nSPS) is 11.1. The van der Waals surface area contributed by atoms with Gasteiger partial charge in [-0.15, -0.1) is 0 Å². The van der Waals surface area contributed by atoms with Crippen LogP contribution in [0.25, 0.3) is 0 Å². The lowest BCUT2D eigenvalue weighted by molar-refractivity contribution is 0.187. The molecule has 0 radical (unpaired) electrons. The van der Waals surface area contributed by atoms with Crippen LogP contribution in [0, 0.1) is 6.92 Å². The molecule has 0 aromatic heterocycles. The van der Waals surface area contributed by atoms with Crippen molar-refractivity contribution in [3.05, 3.63) is 29.3 Å². The maximum absolute atomic E-state index is 11.2. The van der Waals surface area contributed by atoms with E-state index in [1.807, 2.05) is 19.1 Å². The van der Waals surface area contributed by atoms with Crippen LogP contribution < -0.4 is 5.32 Å². The number of aryl methyl sites for hydroxylation is 1. The molecule has 0 aliphatic heterocycles. The molecule has 88 valence electrons. The molecule has 0 heterocycles. The molecule has 1 aromatic carbocycles. The molecule has 16 heavy (non-hydrogen) atoms. The summed E-state index contributed by atoms with van der Waals surface area (Å²) in [5.74, 6) is 0. The van der Waals surface area contributed by atoms with Crippen molar-refractivity contribution < 1.29 is 9.53 Å². The van der Waals surface area contributed by atoms with Crippen LogP contribution in [0.4, 0.5) is 10.5 Å². The van der Waals surface area contributed by atoms with Crippen LogP contribution in [0.15, 0.2) is 18.2 Å². The Bertz CT molecular complexity index is 391. The van der Waals surface area contributed by atoms with E-state index >= 15 is 0 Å². The van der Waals surface area contributed by atoms with Crippen LogP contribution in [0.2, 0.25) is 0 Å². The second kappa shape index (κ2) is 4.56. The monoisotopic (exact) mass is 221 g/mol. The Morgan fingerprint density at radius 1 is 1.31 bits per heavy atom. The highest BCUT2D eigenvalue weighted by Crippen LogP contribution is 2.26. The number of carbonyl (C=O) groups excluding carboxylic acids is 1. The molecule has 0 spiro atoms. The molecule has 3 heteroatoms. The third-order valence-corrected chi connectivity index (χ3v) is 2.53. The number of amides is 1. The molecular weight excluding hydrogens is 202 g/mol. The van der Waals surface area contributed by atoms with E-state index in [-0.39, 0.29) is 5.41 Å². The van der Waals surface area contributed by atoms with Crippen molar-refractivity contribution in [1.29, 1.82) is 0 Å². The summed E-state index contributed by atoms with van der Waals surface area (Å²) in [5.41, 5.74) is 3.09. The van der Waals surface area contributed by atoms with Gasteiger partial charge < -0.3 is 4.74 Å². The van der Waals surface area contributed by atoms with E-state index in [2.05, 4.69) is 36.9 Å². The number of nitrogens with one attached hydrogen (secondary N) is 1. The van der Waals surface area contributed by atoms with E-state index in [1.54, 1.807) is 0 Å². The molecule has 0 aliphatic rings. The molecule has 0 saturated carbocycles. The topological polar surface area (TPSA) is 38.3 Å². The Hall–Kier alpha value is -1.51. The number of rotatable bonds is 1. The van der Waals surface area contributed by atoms with Gasteiger partial charge in [-0.1, -0.05) is 32.9 Å². The minimum Gasteiger partial charge on any atom is -0.453 e. The fourth-order valence-corrected chi connectivity index (χ4v) is 1.38. The maximum Gasteiger partial charge on any atom is 0.411 e. The van der Waals surface area contributed by atoms with E-state index in [0.29, 0.717) is 0 Å². The van der Waals surface area contributed by atoms with Gasteiger partial charge in [-0.3, -0.25) is 5.32 Å². The van der Waals surface area contributed by atoms with Gasteiger partial charge in [0.15, 0.2) is 0 Å². The molecule has 0 aliphatic carbocycles. The zero-order chi connectivity index (χ0) is 12.3. The quantitative estimate of drug-likeness (QED) is 0.788. The third-order valence-electron chi connectivity index (χ3n) is 2.53. The lowest BCUT2D eigenvalue weighted by Gasteiger charge is -2.20. The summed E-state index contributed by atoms with van der Waals surface area (Å²) in [6.45, 7) is 8.37. The van der Waals surface area contributed by atoms with Crippen molar-refractivity contribution in [3.8, 4) is 0 Å². The molecule has 3 nitrogen and oxygen atoms in total. The Morgan fingerprint density at radius 2 is 1.94 bits per heavy atom. The molecule has 0 atom stereocenters. The van der Waals surface area contributed by atoms with Crippen molar-refractivity contribution in [3.63, 3.8) is 0 Å². The highest BCUT2D eigenvalue weighted by Gasteiger charge is 2.15. The van der Waals surface area contributed by atoms with Crippen molar-refractivity contribution >= 4 is 11.8 Å². The minimum absolute atomic E-state index is 0.0697. The number of carbonyl (C=O) groups is 1. The highest BCUT2D eigenvalue weighted by atomic mass is 16.5. The number of ether oxygens (including phenoxy) is 1. The van der Waals surface area contributed by atoms with Gasteiger partial charge in [-0.25, -0.2) is 4.79 Å². The van der Waals surface area contributed by atoms with E-state index in [4.69, 9.17) is 0 Å². The average Bonchev–Trinajstić information content (AvgIpc) is 2.19. The van der Waals surface area contributed by atoms with Crippen molar-refractivity contribution in [2.75, 3.05) is 12.4 Å². The average molecular weight is 221 g/mol. The van der Waals surface area contributed by atoms with E-state index in [9.17, 15) is 4.79 Å². The second-order valence-electron chi connectivity index (χ2n) is 4.90. The maximum atomic E-state index is 11.2. The van der Waals surface area contributed by atoms with Crippen LogP contribution in [-0.2, 0) is 10.2 Å². The van der Waals surface area contributed by atoms with Crippen LogP contribution >= 0.6 is 0 Å². The zero-order valence-electron chi connectivity index (χ0n) is 10.5. The molecule has 0 saturated heterocycles. The van der Waals surface area contributed by atoms with Gasteiger partial charge in [-0.2, -0.15) is 0 Å². The zero-order valence-corrected chi connectivity index (χ0v) is 10.5. The number of anilines is 1.